The van der Waals surface area contributed by atoms with E-state index in [4.69, 9.17) is 4.42 Å². The fraction of sp³-hybridized carbons (Fsp3) is 0.368. The standard InChI is InChI=1S/C19H22N2O3/c1-19(2,15-7-4-3-5-8-15)18(23)21-12-10-20(11-13-21)17(22)16-9-6-14-24-16/h3-9,14H,10-13H2,1-2H3. The second-order valence-corrected chi connectivity index (χ2v) is 6.55. The van der Waals surface area contributed by atoms with Crippen molar-refractivity contribution in [1.29, 1.82) is 0 Å². The van der Waals surface area contributed by atoms with Crippen LogP contribution in [0.3, 0.4) is 0 Å². The van der Waals surface area contributed by atoms with Crippen LogP contribution in [0.5, 0.6) is 0 Å². The van der Waals surface area contributed by atoms with Crippen LogP contribution in [0.4, 0.5) is 0 Å². The first kappa shape index (κ1) is 16.3. The van der Waals surface area contributed by atoms with E-state index in [-0.39, 0.29) is 11.8 Å². The molecule has 24 heavy (non-hydrogen) atoms. The number of furan rings is 1. The Labute approximate surface area is 141 Å². The number of amides is 2. The van der Waals surface area contributed by atoms with Gasteiger partial charge in [0.2, 0.25) is 5.91 Å². The van der Waals surface area contributed by atoms with Crippen LogP contribution in [-0.4, -0.2) is 47.8 Å². The van der Waals surface area contributed by atoms with Gasteiger partial charge in [0.15, 0.2) is 5.76 Å². The van der Waals surface area contributed by atoms with Crippen LogP contribution in [0.25, 0.3) is 0 Å². The summed E-state index contributed by atoms with van der Waals surface area (Å²) in [5.41, 5.74) is 0.429. The van der Waals surface area contributed by atoms with Crippen molar-refractivity contribution in [3.05, 3.63) is 60.1 Å². The van der Waals surface area contributed by atoms with Crippen molar-refractivity contribution in [2.75, 3.05) is 26.2 Å². The lowest BCUT2D eigenvalue weighted by Gasteiger charge is -2.38. The fourth-order valence-corrected chi connectivity index (χ4v) is 3.04. The molecule has 5 nitrogen and oxygen atoms in total. The summed E-state index contributed by atoms with van der Waals surface area (Å²) in [6.45, 7) is 6.03. The van der Waals surface area contributed by atoms with E-state index >= 15 is 0 Å². The molecule has 0 radical (unpaired) electrons. The Balaban J connectivity index is 1.64. The molecule has 1 saturated heterocycles. The molecule has 2 aromatic rings. The molecule has 0 unspecified atom stereocenters. The van der Waals surface area contributed by atoms with Gasteiger partial charge in [-0.15, -0.1) is 0 Å². The van der Waals surface area contributed by atoms with Crippen LogP contribution in [0, 0.1) is 0 Å². The van der Waals surface area contributed by atoms with E-state index in [1.54, 1.807) is 17.0 Å². The minimum absolute atomic E-state index is 0.0961. The lowest BCUT2D eigenvalue weighted by Crippen LogP contribution is -2.54. The zero-order valence-corrected chi connectivity index (χ0v) is 14.1. The van der Waals surface area contributed by atoms with Gasteiger partial charge in [-0.1, -0.05) is 30.3 Å². The number of nitrogens with zero attached hydrogens (tertiary/aromatic N) is 2. The monoisotopic (exact) mass is 326 g/mol. The number of piperazine rings is 1. The number of hydrogen-bond acceptors (Lipinski definition) is 3. The van der Waals surface area contributed by atoms with Gasteiger partial charge >= 0.3 is 0 Å². The predicted octanol–water partition coefficient (Wildman–Crippen LogP) is 2.54. The van der Waals surface area contributed by atoms with Gasteiger partial charge < -0.3 is 14.2 Å². The number of carbonyl (C=O) groups is 2. The first-order valence-corrected chi connectivity index (χ1v) is 8.18. The fourth-order valence-electron chi connectivity index (χ4n) is 3.04. The highest BCUT2D eigenvalue weighted by Gasteiger charge is 2.35. The molecule has 0 spiro atoms. The lowest BCUT2D eigenvalue weighted by atomic mass is 9.83. The van der Waals surface area contributed by atoms with Crippen molar-refractivity contribution in [3.8, 4) is 0 Å². The highest BCUT2D eigenvalue weighted by atomic mass is 16.3. The SMILES string of the molecule is CC(C)(C(=O)N1CCN(C(=O)c2ccco2)CC1)c1ccccc1. The van der Waals surface area contributed by atoms with Crippen molar-refractivity contribution in [2.24, 2.45) is 0 Å². The molecule has 2 amide bonds. The van der Waals surface area contributed by atoms with Crippen molar-refractivity contribution in [2.45, 2.75) is 19.3 Å². The van der Waals surface area contributed by atoms with E-state index in [0.29, 0.717) is 31.9 Å². The highest BCUT2D eigenvalue weighted by molar-refractivity contribution is 5.92. The van der Waals surface area contributed by atoms with E-state index in [0.717, 1.165) is 5.56 Å². The molecular weight excluding hydrogens is 304 g/mol. The average molecular weight is 326 g/mol. The van der Waals surface area contributed by atoms with E-state index in [1.807, 2.05) is 49.1 Å². The Bertz CT molecular complexity index is 699. The third-order valence-electron chi connectivity index (χ3n) is 4.62. The van der Waals surface area contributed by atoms with Gasteiger partial charge in [0.25, 0.3) is 5.91 Å². The van der Waals surface area contributed by atoms with E-state index in [1.165, 1.54) is 6.26 Å². The number of carbonyl (C=O) groups excluding carboxylic acids is 2. The molecule has 1 fully saturated rings. The van der Waals surface area contributed by atoms with Crippen LogP contribution in [0.2, 0.25) is 0 Å². The molecule has 1 aliphatic heterocycles. The first-order valence-electron chi connectivity index (χ1n) is 8.18. The Morgan fingerprint density at radius 2 is 1.54 bits per heavy atom. The minimum Gasteiger partial charge on any atom is -0.459 e. The molecule has 5 heteroatoms. The zero-order chi connectivity index (χ0) is 17.2. The maximum Gasteiger partial charge on any atom is 0.289 e. The lowest BCUT2D eigenvalue weighted by molar-refractivity contribution is -0.137. The molecule has 0 saturated carbocycles. The van der Waals surface area contributed by atoms with E-state index in [9.17, 15) is 9.59 Å². The second kappa shape index (κ2) is 6.51. The van der Waals surface area contributed by atoms with Gasteiger partial charge in [-0.3, -0.25) is 9.59 Å². The molecule has 1 aromatic heterocycles. The van der Waals surface area contributed by atoms with Crippen LogP contribution >= 0.6 is 0 Å². The largest absolute Gasteiger partial charge is 0.459 e. The quantitative estimate of drug-likeness (QED) is 0.871. The predicted molar refractivity (Wildman–Crippen MR) is 90.7 cm³/mol. The maximum atomic E-state index is 12.9. The van der Waals surface area contributed by atoms with E-state index < -0.39 is 5.41 Å². The summed E-state index contributed by atoms with van der Waals surface area (Å²) in [6, 6.07) is 13.2. The van der Waals surface area contributed by atoms with Crippen LogP contribution in [0.1, 0.15) is 30.0 Å². The number of rotatable bonds is 3. The Morgan fingerprint density at radius 3 is 2.12 bits per heavy atom. The molecule has 3 rings (SSSR count). The Kier molecular flexibility index (Phi) is 4.42. The van der Waals surface area contributed by atoms with Crippen LogP contribution < -0.4 is 0 Å². The van der Waals surface area contributed by atoms with Crippen molar-refractivity contribution < 1.29 is 14.0 Å². The summed E-state index contributed by atoms with van der Waals surface area (Å²) in [4.78, 5) is 28.8. The number of benzene rings is 1. The average Bonchev–Trinajstić information content (AvgIpc) is 3.16. The van der Waals surface area contributed by atoms with Gasteiger partial charge in [0.1, 0.15) is 0 Å². The summed E-state index contributed by atoms with van der Waals surface area (Å²) in [6.07, 6.45) is 1.50. The summed E-state index contributed by atoms with van der Waals surface area (Å²) >= 11 is 0. The highest BCUT2D eigenvalue weighted by Crippen LogP contribution is 2.26. The summed E-state index contributed by atoms with van der Waals surface area (Å²) < 4.78 is 5.16. The smallest absolute Gasteiger partial charge is 0.289 e. The van der Waals surface area contributed by atoms with Gasteiger partial charge in [-0.05, 0) is 31.5 Å². The van der Waals surface area contributed by atoms with Crippen molar-refractivity contribution in [1.82, 2.24) is 9.80 Å². The van der Waals surface area contributed by atoms with Gasteiger partial charge in [-0.25, -0.2) is 0 Å². The molecular formula is C19H22N2O3. The molecule has 1 aliphatic rings. The first-order chi connectivity index (χ1) is 11.5. The molecule has 1 aromatic carbocycles. The number of hydrogen-bond donors (Lipinski definition) is 0. The zero-order valence-electron chi connectivity index (χ0n) is 14.1. The van der Waals surface area contributed by atoms with Crippen molar-refractivity contribution in [3.63, 3.8) is 0 Å². The molecule has 0 N–H and O–H groups in total. The van der Waals surface area contributed by atoms with Crippen molar-refractivity contribution >= 4 is 11.8 Å². The molecule has 126 valence electrons. The third-order valence-corrected chi connectivity index (χ3v) is 4.62. The van der Waals surface area contributed by atoms with Crippen LogP contribution in [0.15, 0.2) is 53.1 Å². The molecule has 0 bridgehead atoms. The summed E-state index contributed by atoms with van der Waals surface area (Å²) in [5.74, 6) is 0.326. The van der Waals surface area contributed by atoms with E-state index in [2.05, 4.69) is 0 Å². The maximum absolute atomic E-state index is 12.9. The second-order valence-electron chi connectivity index (χ2n) is 6.55. The Hall–Kier alpha value is -2.56. The Morgan fingerprint density at radius 1 is 0.917 bits per heavy atom. The third kappa shape index (κ3) is 3.07. The molecule has 0 aliphatic carbocycles. The van der Waals surface area contributed by atoms with Gasteiger partial charge in [0.05, 0.1) is 11.7 Å². The summed E-state index contributed by atoms with van der Waals surface area (Å²) in [5, 5.41) is 0. The van der Waals surface area contributed by atoms with Gasteiger partial charge in [0, 0.05) is 26.2 Å². The summed E-state index contributed by atoms with van der Waals surface area (Å²) in [7, 11) is 0. The molecule has 2 heterocycles. The van der Waals surface area contributed by atoms with Crippen LogP contribution in [-0.2, 0) is 10.2 Å². The minimum atomic E-state index is -0.575. The molecule has 0 atom stereocenters. The van der Waals surface area contributed by atoms with Gasteiger partial charge in [-0.2, -0.15) is 0 Å². The topological polar surface area (TPSA) is 53.8 Å². The normalized spacial score (nSPS) is 15.4.